The van der Waals surface area contributed by atoms with Gasteiger partial charge in [-0.2, -0.15) is 18.3 Å². The van der Waals surface area contributed by atoms with Gasteiger partial charge in [0, 0.05) is 43.6 Å². The summed E-state index contributed by atoms with van der Waals surface area (Å²) >= 11 is 0. The Bertz CT molecular complexity index is 1250. The molecule has 0 N–H and O–H groups in total. The van der Waals surface area contributed by atoms with Crippen LogP contribution in [0, 0.1) is 28.9 Å². The fraction of sp³-hybridized carbons (Fsp3) is 0.654. The van der Waals surface area contributed by atoms with Crippen molar-refractivity contribution in [3.05, 3.63) is 41.5 Å². The second kappa shape index (κ2) is 8.29. The summed E-state index contributed by atoms with van der Waals surface area (Å²) in [6.45, 7) is 2.60. The van der Waals surface area contributed by atoms with Crippen molar-refractivity contribution in [2.24, 2.45) is 17.3 Å². The number of carbonyl (C=O) groups excluding carboxylic acids is 1. The van der Waals surface area contributed by atoms with Crippen molar-refractivity contribution in [1.82, 2.24) is 24.6 Å². The highest BCUT2D eigenvalue weighted by Gasteiger charge is 2.56. The van der Waals surface area contributed by atoms with E-state index < -0.39 is 35.2 Å². The molecule has 38 heavy (non-hydrogen) atoms. The van der Waals surface area contributed by atoms with Crippen LogP contribution >= 0.6 is 0 Å². The Morgan fingerprint density at radius 3 is 2.32 bits per heavy atom. The number of hydrogen-bond donors (Lipinski definition) is 0. The molecule has 2 saturated heterocycles. The van der Waals surface area contributed by atoms with Crippen LogP contribution in [0.5, 0.6) is 5.75 Å². The number of ether oxygens (including phenoxy) is 1. The molecule has 12 heteroatoms. The molecule has 1 spiro atoms. The second-order valence-electron chi connectivity index (χ2n) is 12.0. The number of aromatic nitrogens is 3. The minimum Gasteiger partial charge on any atom is -0.487 e. The Morgan fingerprint density at radius 2 is 1.68 bits per heavy atom. The second-order valence-corrected chi connectivity index (χ2v) is 12.0. The smallest absolute Gasteiger partial charge is 0.419 e. The third-order valence-corrected chi connectivity index (χ3v) is 9.10. The van der Waals surface area contributed by atoms with Crippen molar-refractivity contribution in [2.75, 3.05) is 26.2 Å². The fourth-order valence-corrected chi connectivity index (χ4v) is 6.99. The summed E-state index contributed by atoms with van der Waals surface area (Å²) < 4.78 is 74.3. The summed E-state index contributed by atoms with van der Waals surface area (Å²) in [6, 6.07) is 1.000. The van der Waals surface area contributed by atoms with Crippen molar-refractivity contribution < 1.29 is 31.5 Å². The standard InChI is InChI=1S/C26H28F5N5O2/c27-20-6-21(28)22(5-19(20)26(29,30)31)38-18-3-15-9-34(10-16(15)4-18)24(37)35-11-25(12-35)7-17(8-25)36-13-32-23(33-36)14-1-2-14/h5-6,13-18H,1-4,7-12H2. The fourth-order valence-electron chi connectivity index (χ4n) is 6.99. The van der Waals surface area contributed by atoms with Gasteiger partial charge in [0.25, 0.3) is 0 Å². The lowest BCUT2D eigenvalue weighted by molar-refractivity contribution is -0.140. The number of halogens is 5. The predicted molar refractivity (Wildman–Crippen MR) is 123 cm³/mol. The van der Waals surface area contributed by atoms with Crippen LogP contribution in [0.15, 0.2) is 18.5 Å². The number of rotatable bonds is 4. The van der Waals surface area contributed by atoms with Crippen molar-refractivity contribution in [1.29, 1.82) is 0 Å². The highest BCUT2D eigenvalue weighted by Crippen LogP contribution is 2.54. The van der Waals surface area contributed by atoms with E-state index in [1.807, 2.05) is 20.8 Å². The largest absolute Gasteiger partial charge is 0.487 e. The molecule has 3 saturated carbocycles. The number of carbonyl (C=O) groups is 1. The molecular formula is C26H28F5N5O2. The summed E-state index contributed by atoms with van der Waals surface area (Å²) in [7, 11) is 0. The molecule has 2 aliphatic heterocycles. The van der Waals surface area contributed by atoms with Gasteiger partial charge in [-0.3, -0.25) is 0 Å². The first-order valence-corrected chi connectivity index (χ1v) is 13.2. The van der Waals surface area contributed by atoms with E-state index in [1.54, 1.807) is 0 Å². The molecule has 2 unspecified atom stereocenters. The predicted octanol–water partition coefficient (Wildman–Crippen LogP) is 5.00. The number of fused-ring (bicyclic) bond motifs is 1. The molecule has 1 aromatic heterocycles. The van der Waals surface area contributed by atoms with Crippen LogP contribution in [0.25, 0.3) is 0 Å². The summed E-state index contributed by atoms with van der Waals surface area (Å²) in [5.74, 6) is -1.62. The van der Waals surface area contributed by atoms with Crippen molar-refractivity contribution in [3.8, 4) is 5.75 Å². The maximum atomic E-state index is 14.1. The monoisotopic (exact) mass is 537 g/mol. The van der Waals surface area contributed by atoms with Crippen LogP contribution in [-0.2, 0) is 6.18 Å². The highest BCUT2D eigenvalue weighted by atomic mass is 19.4. The van der Waals surface area contributed by atoms with Gasteiger partial charge in [-0.05, 0) is 56.4 Å². The summed E-state index contributed by atoms with van der Waals surface area (Å²) in [6.07, 6.45) is 1.82. The first-order valence-electron chi connectivity index (χ1n) is 13.2. The zero-order chi connectivity index (χ0) is 26.4. The molecule has 5 fully saturated rings. The topological polar surface area (TPSA) is 63.5 Å². The van der Waals surface area contributed by atoms with Crippen LogP contribution in [0.4, 0.5) is 26.7 Å². The molecule has 7 nitrogen and oxygen atoms in total. The average molecular weight is 538 g/mol. The molecule has 3 aliphatic carbocycles. The summed E-state index contributed by atoms with van der Waals surface area (Å²) in [5, 5.41) is 4.64. The minimum absolute atomic E-state index is 0.0297. The number of hydrogen-bond acceptors (Lipinski definition) is 4. The lowest BCUT2D eigenvalue weighted by atomic mass is 9.61. The number of likely N-dealkylation sites (tertiary alicyclic amines) is 2. The molecule has 2 aromatic rings. The third-order valence-electron chi connectivity index (χ3n) is 9.10. The zero-order valence-corrected chi connectivity index (χ0v) is 20.6. The van der Waals surface area contributed by atoms with Gasteiger partial charge in [0.1, 0.15) is 12.1 Å². The van der Waals surface area contributed by atoms with Crippen LogP contribution in [-0.4, -0.2) is 62.9 Å². The van der Waals surface area contributed by atoms with Gasteiger partial charge in [-0.15, -0.1) is 0 Å². The number of urea groups is 1. The normalized spacial score (nSPS) is 28.4. The Balaban J connectivity index is 0.896. The van der Waals surface area contributed by atoms with Gasteiger partial charge < -0.3 is 14.5 Å². The Morgan fingerprint density at radius 1 is 1.00 bits per heavy atom. The van der Waals surface area contributed by atoms with Gasteiger partial charge in [0.2, 0.25) is 0 Å². The average Bonchev–Trinajstić information content (AvgIpc) is 3.21. The lowest BCUT2D eigenvalue weighted by Crippen LogP contribution is -2.65. The lowest BCUT2D eigenvalue weighted by Gasteiger charge is -2.59. The summed E-state index contributed by atoms with van der Waals surface area (Å²) in [4.78, 5) is 21.3. The molecule has 5 aliphatic rings. The van der Waals surface area contributed by atoms with E-state index in [-0.39, 0.29) is 29.3 Å². The Hall–Kier alpha value is -2.92. The molecule has 0 bridgehead atoms. The molecule has 3 heterocycles. The van der Waals surface area contributed by atoms with E-state index in [2.05, 4.69) is 10.1 Å². The molecule has 0 radical (unpaired) electrons. The SMILES string of the molecule is O=C(N1CC2CC(Oc3cc(C(F)(F)F)c(F)cc3F)CC2C1)N1CC2(CC(n3cnc(C4CC4)n3)C2)C1. The van der Waals surface area contributed by atoms with Crippen LogP contribution < -0.4 is 4.74 Å². The molecule has 1 aromatic carbocycles. The quantitative estimate of drug-likeness (QED) is 0.515. The Kier molecular flexibility index (Phi) is 5.27. The zero-order valence-electron chi connectivity index (χ0n) is 20.6. The van der Waals surface area contributed by atoms with Gasteiger partial charge in [0.05, 0.1) is 17.7 Å². The number of benzene rings is 1. The van der Waals surface area contributed by atoms with E-state index in [0.717, 1.165) is 31.8 Å². The number of alkyl halides is 3. The van der Waals surface area contributed by atoms with E-state index in [1.165, 1.54) is 12.8 Å². The maximum absolute atomic E-state index is 14.1. The molecule has 2 atom stereocenters. The molecule has 2 amide bonds. The van der Waals surface area contributed by atoms with Crippen molar-refractivity contribution in [2.45, 2.75) is 62.8 Å². The first kappa shape index (κ1) is 24.1. The first-order chi connectivity index (χ1) is 18.1. The number of amides is 2. The van der Waals surface area contributed by atoms with Crippen molar-refractivity contribution in [3.63, 3.8) is 0 Å². The van der Waals surface area contributed by atoms with Crippen LogP contribution in [0.1, 0.15) is 61.9 Å². The number of nitrogens with zero attached hydrogens (tertiary/aromatic N) is 5. The van der Waals surface area contributed by atoms with Gasteiger partial charge >= 0.3 is 12.2 Å². The van der Waals surface area contributed by atoms with Crippen LogP contribution in [0.3, 0.4) is 0 Å². The molecular weight excluding hydrogens is 509 g/mol. The van der Waals surface area contributed by atoms with E-state index >= 15 is 0 Å². The highest BCUT2D eigenvalue weighted by molar-refractivity contribution is 5.76. The van der Waals surface area contributed by atoms with Gasteiger partial charge in [-0.25, -0.2) is 23.2 Å². The molecule has 7 rings (SSSR count). The summed E-state index contributed by atoms with van der Waals surface area (Å²) in [5.41, 5.74) is -1.37. The van der Waals surface area contributed by atoms with E-state index in [0.29, 0.717) is 44.0 Å². The Labute approximate surface area is 215 Å². The van der Waals surface area contributed by atoms with E-state index in [9.17, 15) is 26.7 Å². The van der Waals surface area contributed by atoms with E-state index in [4.69, 9.17) is 4.74 Å². The van der Waals surface area contributed by atoms with Gasteiger partial charge in [-0.1, -0.05) is 0 Å². The third kappa shape index (κ3) is 4.10. The van der Waals surface area contributed by atoms with Crippen LogP contribution in [0.2, 0.25) is 0 Å². The maximum Gasteiger partial charge on any atom is 0.419 e. The van der Waals surface area contributed by atoms with Gasteiger partial charge in [0.15, 0.2) is 17.4 Å². The molecule has 204 valence electrons. The van der Waals surface area contributed by atoms with Crippen molar-refractivity contribution >= 4 is 6.03 Å². The minimum atomic E-state index is -4.94.